The van der Waals surface area contributed by atoms with E-state index in [-0.39, 0.29) is 27.4 Å². The van der Waals surface area contributed by atoms with Gasteiger partial charge in [-0.3, -0.25) is 0 Å². The van der Waals surface area contributed by atoms with Gasteiger partial charge in [-0.05, 0) is 18.2 Å². The van der Waals surface area contributed by atoms with E-state index in [0.717, 1.165) is 0 Å². The number of hydrogen-bond donors (Lipinski definition) is 0. The lowest BCUT2D eigenvalue weighted by Crippen LogP contribution is -2.18. The highest BCUT2D eigenvalue weighted by molar-refractivity contribution is 6.43. The smallest absolute Gasteiger partial charge is 0.349 e. The second-order valence-corrected chi connectivity index (χ2v) is 5.29. The average Bonchev–Trinajstić information content (AvgIpc) is 2.51. The first-order valence-corrected chi connectivity index (χ1v) is 7.12. The van der Waals surface area contributed by atoms with Crippen LogP contribution in [0.2, 0.25) is 15.1 Å². The third kappa shape index (κ3) is 4.05. The molecule has 0 saturated carbocycles. The van der Waals surface area contributed by atoms with Crippen molar-refractivity contribution in [2.24, 2.45) is 0 Å². The SMILES string of the molecule is N#Cc1ccccc1OCC(=O)Oc1cc(Cl)c(Cl)cc1Cl. The first-order valence-electron chi connectivity index (χ1n) is 5.98. The quantitative estimate of drug-likeness (QED) is 0.459. The summed E-state index contributed by atoms with van der Waals surface area (Å²) in [4.78, 5) is 11.8. The second kappa shape index (κ2) is 7.37. The summed E-state index contributed by atoms with van der Waals surface area (Å²) in [5.41, 5.74) is 0.322. The van der Waals surface area contributed by atoms with Crippen molar-refractivity contribution in [1.82, 2.24) is 0 Å². The maximum atomic E-state index is 11.8. The average molecular weight is 357 g/mol. The minimum Gasteiger partial charge on any atom is -0.481 e. The summed E-state index contributed by atoms with van der Waals surface area (Å²) in [5, 5.41) is 9.54. The molecule has 0 amide bonds. The highest BCUT2D eigenvalue weighted by Crippen LogP contribution is 2.33. The van der Waals surface area contributed by atoms with Gasteiger partial charge in [-0.25, -0.2) is 4.79 Å². The molecule has 2 aromatic rings. The van der Waals surface area contributed by atoms with Crippen LogP contribution in [0.3, 0.4) is 0 Å². The molecule has 0 unspecified atom stereocenters. The number of ether oxygens (including phenoxy) is 2. The van der Waals surface area contributed by atoms with Crippen molar-refractivity contribution in [1.29, 1.82) is 5.26 Å². The van der Waals surface area contributed by atoms with Crippen molar-refractivity contribution in [3.05, 3.63) is 57.0 Å². The Kier molecular flexibility index (Phi) is 5.51. The third-order valence-electron chi connectivity index (χ3n) is 2.55. The number of benzene rings is 2. The molecule has 0 radical (unpaired) electrons. The molecule has 0 N–H and O–H groups in total. The van der Waals surface area contributed by atoms with Crippen LogP contribution in [0.1, 0.15) is 5.56 Å². The van der Waals surface area contributed by atoms with Crippen molar-refractivity contribution in [2.75, 3.05) is 6.61 Å². The predicted molar refractivity (Wildman–Crippen MR) is 83.8 cm³/mol. The zero-order valence-electron chi connectivity index (χ0n) is 11.0. The van der Waals surface area contributed by atoms with E-state index in [9.17, 15) is 4.79 Å². The number of para-hydroxylation sites is 1. The Morgan fingerprint density at radius 3 is 2.45 bits per heavy atom. The highest BCUT2D eigenvalue weighted by Gasteiger charge is 2.13. The second-order valence-electron chi connectivity index (χ2n) is 4.07. The van der Waals surface area contributed by atoms with Gasteiger partial charge in [0.2, 0.25) is 0 Å². The fourth-order valence-electron chi connectivity index (χ4n) is 1.56. The number of carbonyl (C=O) groups is 1. The predicted octanol–water partition coefficient (Wildman–Crippen LogP) is 4.50. The Labute approximate surface area is 141 Å². The summed E-state index contributed by atoms with van der Waals surface area (Å²) in [7, 11) is 0. The molecule has 0 fully saturated rings. The Morgan fingerprint density at radius 1 is 1.05 bits per heavy atom. The molecule has 7 heteroatoms. The molecule has 22 heavy (non-hydrogen) atoms. The van der Waals surface area contributed by atoms with Crippen LogP contribution in [0.5, 0.6) is 11.5 Å². The van der Waals surface area contributed by atoms with Gasteiger partial charge in [0.15, 0.2) is 12.4 Å². The van der Waals surface area contributed by atoms with Gasteiger partial charge < -0.3 is 9.47 Å². The van der Waals surface area contributed by atoms with Crippen LogP contribution in [0.4, 0.5) is 0 Å². The molecule has 0 aliphatic carbocycles. The van der Waals surface area contributed by atoms with E-state index in [2.05, 4.69) is 0 Å². The number of hydrogen-bond acceptors (Lipinski definition) is 4. The molecule has 0 spiro atoms. The van der Waals surface area contributed by atoms with Crippen LogP contribution in [-0.2, 0) is 4.79 Å². The monoisotopic (exact) mass is 355 g/mol. The molecular formula is C15H8Cl3NO3. The summed E-state index contributed by atoms with van der Waals surface area (Å²) in [5.74, 6) is -0.312. The van der Waals surface area contributed by atoms with Gasteiger partial charge in [-0.15, -0.1) is 0 Å². The molecule has 0 bridgehead atoms. The summed E-state index contributed by atoms with van der Waals surface area (Å²) in [6.45, 7) is -0.380. The molecule has 0 atom stereocenters. The van der Waals surface area contributed by atoms with Crippen molar-refractivity contribution in [3.63, 3.8) is 0 Å². The Morgan fingerprint density at radius 2 is 1.73 bits per heavy atom. The molecule has 0 saturated heterocycles. The van der Waals surface area contributed by atoms with Gasteiger partial charge in [0.1, 0.15) is 11.8 Å². The fourth-order valence-corrected chi connectivity index (χ4v) is 2.13. The van der Waals surface area contributed by atoms with E-state index in [0.29, 0.717) is 11.3 Å². The fraction of sp³-hybridized carbons (Fsp3) is 0.0667. The van der Waals surface area contributed by atoms with E-state index >= 15 is 0 Å². The molecule has 2 aromatic carbocycles. The number of carbonyl (C=O) groups excluding carboxylic acids is 1. The zero-order valence-corrected chi connectivity index (χ0v) is 13.2. The zero-order chi connectivity index (χ0) is 16.1. The van der Waals surface area contributed by atoms with Crippen molar-refractivity contribution >= 4 is 40.8 Å². The van der Waals surface area contributed by atoms with Gasteiger partial charge in [0.05, 0.1) is 20.6 Å². The number of halogens is 3. The standard InChI is InChI=1S/C15H8Cl3NO3/c16-10-5-12(18)14(6-11(10)17)22-15(20)8-21-13-4-2-1-3-9(13)7-19/h1-6H,8H2. The number of rotatable bonds is 4. The minimum atomic E-state index is -0.687. The van der Waals surface area contributed by atoms with E-state index in [1.165, 1.54) is 12.1 Å². The molecule has 112 valence electrons. The highest BCUT2D eigenvalue weighted by atomic mass is 35.5. The lowest BCUT2D eigenvalue weighted by Gasteiger charge is -2.09. The van der Waals surface area contributed by atoms with Gasteiger partial charge in [0, 0.05) is 6.07 Å². The molecule has 0 aromatic heterocycles. The molecule has 2 rings (SSSR count). The molecule has 0 aliphatic rings. The van der Waals surface area contributed by atoms with Crippen LogP contribution >= 0.6 is 34.8 Å². The Bertz CT molecular complexity index is 756. The van der Waals surface area contributed by atoms with E-state index in [1.807, 2.05) is 6.07 Å². The van der Waals surface area contributed by atoms with Crippen LogP contribution < -0.4 is 9.47 Å². The Hall–Kier alpha value is -1.93. The number of nitrogens with zero attached hydrogens (tertiary/aromatic N) is 1. The van der Waals surface area contributed by atoms with Crippen LogP contribution in [0, 0.1) is 11.3 Å². The normalized spacial score (nSPS) is 9.91. The lowest BCUT2D eigenvalue weighted by molar-refractivity contribution is -0.136. The molecule has 0 aliphatic heterocycles. The Balaban J connectivity index is 2.02. The van der Waals surface area contributed by atoms with Gasteiger partial charge in [-0.2, -0.15) is 5.26 Å². The van der Waals surface area contributed by atoms with Crippen LogP contribution in [0.15, 0.2) is 36.4 Å². The number of esters is 1. The van der Waals surface area contributed by atoms with Crippen molar-refractivity contribution in [3.8, 4) is 17.6 Å². The number of nitriles is 1. The van der Waals surface area contributed by atoms with E-state index in [1.54, 1.807) is 24.3 Å². The maximum Gasteiger partial charge on any atom is 0.349 e. The maximum absolute atomic E-state index is 11.8. The van der Waals surface area contributed by atoms with Crippen molar-refractivity contribution < 1.29 is 14.3 Å². The van der Waals surface area contributed by atoms with Gasteiger partial charge in [0.25, 0.3) is 0 Å². The first kappa shape index (κ1) is 16.4. The van der Waals surface area contributed by atoms with E-state index < -0.39 is 5.97 Å². The molecule has 0 heterocycles. The van der Waals surface area contributed by atoms with E-state index in [4.69, 9.17) is 49.5 Å². The first-order chi connectivity index (χ1) is 10.5. The topological polar surface area (TPSA) is 59.3 Å². The summed E-state index contributed by atoms with van der Waals surface area (Å²) in [6, 6.07) is 11.2. The third-order valence-corrected chi connectivity index (χ3v) is 3.57. The summed E-state index contributed by atoms with van der Waals surface area (Å²) in [6.07, 6.45) is 0. The molecular weight excluding hydrogens is 349 g/mol. The van der Waals surface area contributed by atoms with Crippen molar-refractivity contribution in [2.45, 2.75) is 0 Å². The van der Waals surface area contributed by atoms with Gasteiger partial charge in [-0.1, -0.05) is 46.9 Å². The lowest BCUT2D eigenvalue weighted by atomic mass is 10.2. The minimum absolute atomic E-state index is 0.0817. The summed E-state index contributed by atoms with van der Waals surface area (Å²) >= 11 is 17.5. The van der Waals surface area contributed by atoms with Gasteiger partial charge >= 0.3 is 5.97 Å². The molecule has 4 nitrogen and oxygen atoms in total. The summed E-state index contributed by atoms with van der Waals surface area (Å²) < 4.78 is 10.3. The van der Waals surface area contributed by atoms with Crippen LogP contribution in [0.25, 0.3) is 0 Å². The van der Waals surface area contributed by atoms with Crippen LogP contribution in [-0.4, -0.2) is 12.6 Å². The largest absolute Gasteiger partial charge is 0.481 e.